The Hall–Kier alpha value is -3.34. The number of hydrogen-bond donors (Lipinski definition) is 0. The molecule has 0 spiro atoms. The molecule has 0 fully saturated rings. The molecule has 0 aromatic heterocycles. The summed E-state index contributed by atoms with van der Waals surface area (Å²) in [6, 6.07) is 23.4. The van der Waals surface area contributed by atoms with Gasteiger partial charge in [0.25, 0.3) is 0 Å². The summed E-state index contributed by atoms with van der Waals surface area (Å²) >= 11 is 0. The normalized spacial score (nSPS) is 15.9. The predicted molar refractivity (Wildman–Crippen MR) is 95.9 cm³/mol. The third-order valence-corrected chi connectivity index (χ3v) is 3.94. The molecule has 4 rings (SSSR count). The lowest BCUT2D eigenvalue weighted by atomic mass is 10.1. The molecule has 1 heterocycles. The number of nitrogens with zero attached hydrogens (tertiary/aromatic N) is 1. The molecular weight excluding hydrogens is 333 g/mol. The molecule has 0 saturated carbocycles. The lowest BCUT2D eigenvalue weighted by molar-refractivity contribution is 0.0855. The number of rotatable bonds is 4. The zero-order valence-electron chi connectivity index (χ0n) is 13.8. The number of hydrogen-bond acceptors (Lipinski definition) is 4. The number of oxime groups is 1. The fourth-order valence-corrected chi connectivity index (χ4v) is 2.62. The van der Waals surface area contributed by atoms with Crippen LogP contribution in [0.3, 0.4) is 0 Å². The second-order valence-corrected chi connectivity index (χ2v) is 5.80. The van der Waals surface area contributed by atoms with Crippen LogP contribution in [0.15, 0.2) is 84.0 Å². The summed E-state index contributed by atoms with van der Waals surface area (Å²) in [5.74, 6) is 1.58. The van der Waals surface area contributed by atoms with Crippen LogP contribution in [0.4, 0.5) is 4.39 Å². The minimum absolute atomic E-state index is 0.141. The molecule has 26 heavy (non-hydrogen) atoms. The Bertz CT molecular complexity index is 910. The molecule has 0 aliphatic carbocycles. The lowest BCUT2D eigenvalue weighted by Gasteiger charge is -2.10. The van der Waals surface area contributed by atoms with Crippen LogP contribution in [0.25, 0.3) is 0 Å². The van der Waals surface area contributed by atoms with Crippen molar-refractivity contribution in [3.8, 4) is 17.2 Å². The maximum atomic E-state index is 13.7. The maximum Gasteiger partial charge on any atom is 0.235 e. The van der Waals surface area contributed by atoms with E-state index < -0.39 is 5.82 Å². The van der Waals surface area contributed by atoms with E-state index in [-0.39, 0.29) is 11.9 Å². The summed E-state index contributed by atoms with van der Waals surface area (Å²) in [5.41, 5.74) is 0.946. The summed E-state index contributed by atoms with van der Waals surface area (Å²) < 4.78 is 24.9. The first-order chi connectivity index (χ1) is 12.8. The van der Waals surface area contributed by atoms with Crippen molar-refractivity contribution < 1.29 is 18.7 Å². The SMILES string of the molecule is Fc1ccccc1OC1=NO[C@@H](c2ccc(Oc3ccccc3)cc2)C1. The van der Waals surface area contributed by atoms with Gasteiger partial charge in [-0.1, -0.05) is 47.6 Å². The van der Waals surface area contributed by atoms with Gasteiger partial charge in [0.1, 0.15) is 11.5 Å². The molecule has 0 radical (unpaired) electrons. The van der Waals surface area contributed by atoms with Crippen LogP contribution in [0.2, 0.25) is 0 Å². The summed E-state index contributed by atoms with van der Waals surface area (Å²) in [6.45, 7) is 0. The minimum atomic E-state index is -0.430. The molecule has 3 aromatic rings. The third kappa shape index (κ3) is 3.67. The molecule has 5 heteroatoms. The van der Waals surface area contributed by atoms with Crippen molar-refractivity contribution in [3.63, 3.8) is 0 Å². The molecule has 0 unspecified atom stereocenters. The first-order valence-corrected chi connectivity index (χ1v) is 8.26. The van der Waals surface area contributed by atoms with Gasteiger partial charge in [0.15, 0.2) is 17.7 Å². The Labute approximate surface area is 150 Å². The van der Waals surface area contributed by atoms with Crippen molar-refractivity contribution in [1.82, 2.24) is 0 Å². The van der Waals surface area contributed by atoms with Crippen molar-refractivity contribution in [2.24, 2.45) is 5.16 Å². The van der Waals surface area contributed by atoms with Gasteiger partial charge in [-0.3, -0.25) is 0 Å². The maximum absolute atomic E-state index is 13.7. The quantitative estimate of drug-likeness (QED) is 0.627. The molecule has 1 aliphatic heterocycles. The molecule has 3 aromatic carbocycles. The number of para-hydroxylation sites is 2. The van der Waals surface area contributed by atoms with Gasteiger partial charge in [-0.2, -0.15) is 0 Å². The monoisotopic (exact) mass is 349 g/mol. The molecule has 130 valence electrons. The number of benzene rings is 3. The van der Waals surface area contributed by atoms with Gasteiger partial charge in [-0.05, 0) is 42.0 Å². The van der Waals surface area contributed by atoms with Gasteiger partial charge < -0.3 is 14.3 Å². The third-order valence-electron chi connectivity index (χ3n) is 3.94. The van der Waals surface area contributed by atoms with E-state index in [4.69, 9.17) is 14.3 Å². The topological polar surface area (TPSA) is 40.0 Å². The Kier molecular flexibility index (Phi) is 4.51. The van der Waals surface area contributed by atoms with E-state index >= 15 is 0 Å². The fraction of sp³-hybridized carbons (Fsp3) is 0.0952. The number of ether oxygens (including phenoxy) is 2. The van der Waals surface area contributed by atoms with Crippen molar-refractivity contribution in [2.45, 2.75) is 12.5 Å². The minimum Gasteiger partial charge on any atom is -0.457 e. The Morgan fingerprint density at radius 2 is 1.50 bits per heavy atom. The van der Waals surface area contributed by atoms with Gasteiger partial charge in [-0.15, -0.1) is 0 Å². The highest BCUT2D eigenvalue weighted by atomic mass is 19.1. The second-order valence-electron chi connectivity index (χ2n) is 5.80. The van der Waals surface area contributed by atoms with Gasteiger partial charge in [0, 0.05) is 0 Å². The van der Waals surface area contributed by atoms with Gasteiger partial charge in [-0.25, -0.2) is 4.39 Å². The van der Waals surface area contributed by atoms with Crippen LogP contribution in [0.1, 0.15) is 18.1 Å². The Morgan fingerprint density at radius 3 is 2.27 bits per heavy atom. The first-order valence-electron chi connectivity index (χ1n) is 8.26. The first kappa shape index (κ1) is 16.1. The van der Waals surface area contributed by atoms with Crippen molar-refractivity contribution in [2.75, 3.05) is 0 Å². The van der Waals surface area contributed by atoms with E-state index in [2.05, 4.69) is 5.16 Å². The number of halogens is 1. The standard InChI is InChI=1S/C21H16FNO3/c22-18-8-4-5-9-19(18)25-21-14-20(26-23-21)15-10-12-17(13-11-15)24-16-6-2-1-3-7-16/h1-13,20H,14H2/t20-/m1/s1. The fourth-order valence-electron chi connectivity index (χ4n) is 2.62. The molecule has 0 bridgehead atoms. The Balaban J connectivity index is 1.38. The highest BCUT2D eigenvalue weighted by Gasteiger charge is 2.25. The summed E-state index contributed by atoms with van der Waals surface area (Å²) in [5, 5.41) is 3.92. The lowest BCUT2D eigenvalue weighted by Crippen LogP contribution is -2.08. The largest absolute Gasteiger partial charge is 0.457 e. The highest BCUT2D eigenvalue weighted by Crippen LogP contribution is 2.31. The van der Waals surface area contributed by atoms with Gasteiger partial charge in [0.2, 0.25) is 5.90 Å². The Morgan fingerprint density at radius 1 is 0.808 bits per heavy atom. The average Bonchev–Trinajstić information content (AvgIpc) is 3.14. The zero-order chi connectivity index (χ0) is 17.8. The van der Waals surface area contributed by atoms with Crippen molar-refractivity contribution >= 4 is 5.90 Å². The molecule has 1 aliphatic rings. The average molecular weight is 349 g/mol. The van der Waals surface area contributed by atoms with Crippen LogP contribution in [-0.4, -0.2) is 5.90 Å². The molecule has 0 N–H and O–H groups in total. The summed E-state index contributed by atoms with van der Waals surface area (Å²) in [7, 11) is 0. The smallest absolute Gasteiger partial charge is 0.235 e. The van der Waals surface area contributed by atoms with Crippen LogP contribution in [0, 0.1) is 5.82 Å². The zero-order valence-corrected chi connectivity index (χ0v) is 13.8. The van der Waals surface area contributed by atoms with E-state index in [0.717, 1.165) is 17.1 Å². The molecule has 0 amide bonds. The van der Waals surface area contributed by atoms with E-state index in [9.17, 15) is 4.39 Å². The van der Waals surface area contributed by atoms with Gasteiger partial charge >= 0.3 is 0 Å². The van der Waals surface area contributed by atoms with E-state index in [1.807, 2.05) is 54.6 Å². The van der Waals surface area contributed by atoms with Crippen LogP contribution < -0.4 is 9.47 Å². The molecular formula is C21H16FNO3. The van der Waals surface area contributed by atoms with Crippen LogP contribution in [-0.2, 0) is 4.84 Å². The van der Waals surface area contributed by atoms with E-state index in [1.165, 1.54) is 6.07 Å². The second kappa shape index (κ2) is 7.27. The van der Waals surface area contributed by atoms with Crippen LogP contribution in [0.5, 0.6) is 17.2 Å². The predicted octanol–water partition coefficient (Wildman–Crippen LogP) is 5.47. The van der Waals surface area contributed by atoms with Crippen LogP contribution >= 0.6 is 0 Å². The van der Waals surface area contributed by atoms with Crippen molar-refractivity contribution in [1.29, 1.82) is 0 Å². The molecule has 4 nitrogen and oxygen atoms in total. The van der Waals surface area contributed by atoms with E-state index in [1.54, 1.807) is 18.2 Å². The summed E-state index contributed by atoms with van der Waals surface area (Å²) in [4.78, 5) is 5.42. The van der Waals surface area contributed by atoms with E-state index in [0.29, 0.717) is 12.3 Å². The van der Waals surface area contributed by atoms with Crippen molar-refractivity contribution in [3.05, 3.63) is 90.2 Å². The molecule has 1 atom stereocenters. The highest BCUT2D eigenvalue weighted by molar-refractivity contribution is 5.79. The summed E-state index contributed by atoms with van der Waals surface area (Å²) in [6.07, 6.45) is 0.176. The van der Waals surface area contributed by atoms with Gasteiger partial charge in [0.05, 0.1) is 6.42 Å². The molecule has 0 saturated heterocycles.